The Kier molecular flexibility index (Phi) is 5.00. The van der Waals surface area contributed by atoms with Gasteiger partial charge in [0, 0.05) is 27.6 Å². The van der Waals surface area contributed by atoms with Crippen LogP contribution in [0, 0.1) is 0 Å². The summed E-state index contributed by atoms with van der Waals surface area (Å²) in [5, 5.41) is 4.63. The van der Waals surface area contributed by atoms with E-state index in [0.717, 1.165) is 5.25 Å². The molecule has 0 bridgehead atoms. The summed E-state index contributed by atoms with van der Waals surface area (Å²) in [6.45, 7) is 0. The van der Waals surface area contributed by atoms with Gasteiger partial charge in [-0.3, -0.25) is 0 Å². The van der Waals surface area contributed by atoms with E-state index < -0.39 is 0 Å². The Balaban J connectivity index is 1.65. The summed E-state index contributed by atoms with van der Waals surface area (Å²) >= 11 is 4.19. The molecule has 1 saturated heterocycles. The van der Waals surface area contributed by atoms with Crippen molar-refractivity contribution in [2.45, 2.75) is 54.7 Å². The van der Waals surface area contributed by atoms with Crippen LogP contribution in [-0.4, -0.2) is 22.8 Å². The fourth-order valence-electron chi connectivity index (χ4n) is 2.95. The first-order valence-corrected chi connectivity index (χ1v) is 9.55. The first-order chi connectivity index (χ1) is 9.42. The number of hydrogen-bond donors (Lipinski definition) is 1. The highest BCUT2D eigenvalue weighted by atomic mass is 32.2. The van der Waals surface area contributed by atoms with Crippen molar-refractivity contribution in [3.8, 4) is 0 Å². The van der Waals surface area contributed by atoms with Crippen molar-refractivity contribution in [2.24, 2.45) is 0 Å². The third-order valence-electron chi connectivity index (χ3n) is 4.00. The number of nitrogens with one attached hydrogen (secondary N) is 1. The first kappa shape index (κ1) is 13.7. The number of rotatable bonds is 4. The first-order valence-electron chi connectivity index (χ1n) is 7.52. The van der Waals surface area contributed by atoms with Gasteiger partial charge in [0.15, 0.2) is 0 Å². The molecule has 1 aliphatic heterocycles. The van der Waals surface area contributed by atoms with E-state index in [1.54, 1.807) is 0 Å². The summed E-state index contributed by atoms with van der Waals surface area (Å²) in [4.78, 5) is 1.46. The SMILES string of the molecule is c1ccc(SC2CCCC2)c(NC2CCCSC2)c1. The van der Waals surface area contributed by atoms with Crippen LogP contribution >= 0.6 is 23.5 Å². The number of anilines is 1. The van der Waals surface area contributed by atoms with Gasteiger partial charge >= 0.3 is 0 Å². The highest BCUT2D eigenvalue weighted by Gasteiger charge is 2.19. The molecule has 0 aromatic heterocycles. The molecule has 0 amide bonds. The zero-order valence-electron chi connectivity index (χ0n) is 11.4. The van der Waals surface area contributed by atoms with Crippen LogP contribution in [-0.2, 0) is 0 Å². The fraction of sp³-hybridized carbons (Fsp3) is 0.625. The van der Waals surface area contributed by atoms with Crippen LogP contribution in [0.1, 0.15) is 38.5 Å². The predicted molar refractivity (Wildman–Crippen MR) is 88.5 cm³/mol. The molecule has 1 unspecified atom stereocenters. The lowest BCUT2D eigenvalue weighted by Gasteiger charge is -2.25. The second-order valence-corrected chi connectivity index (χ2v) is 8.07. The van der Waals surface area contributed by atoms with Crippen LogP contribution in [0.3, 0.4) is 0 Å². The maximum Gasteiger partial charge on any atom is 0.0480 e. The topological polar surface area (TPSA) is 12.0 Å². The highest BCUT2D eigenvalue weighted by molar-refractivity contribution is 8.00. The van der Waals surface area contributed by atoms with Crippen LogP contribution in [0.5, 0.6) is 0 Å². The molecule has 104 valence electrons. The minimum absolute atomic E-state index is 0.670. The van der Waals surface area contributed by atoms with Gasteiger partial charge in [-0.25, -0.2) is 0 Å². The second kappa shape index (κ2) is 6.94. The van der Waals surface area contributed by atoms with Gasteiger partial charge in [-0.15, -0.1) is 11.8 Å². The highest BCUT2D eigenvalue weighted by Crippen LogP contribution is 2.38. The molecule has 3 heteroatoms. The number of para-hydroxylation sites is 1. The Hall–Kier alpha value is -0.280. The molecule has 2 aliphatic rings. The number of benzene rings is 1. The lowest BCUT2D eigenvalue weighted by atomic mass is 10.1. The Morgan fingerprint density at radius 3 is 2.68 bits per heavy atom. The van der Waals surface area contributed by atoms with E-state index in [1.165, 1.54) is 60.6 Å². The van der Waals surface area contributed by atoms with Crippen molar-refractivity contribution in [2.75, 3.05) is 16.8 Å². The molecule has 1 saturated carbocycles. The standard InChI is InChI=1S/C16H23NS2/c1-2-8-14(7-1)19-16-10-4-3-9-15(16)17-13-6-5-11-18-12-13/h3-4,9-10,13-14,17H,1-2,5-8,11-12H2. The minimum atomic E-state index is 0.670. The van der Waals surface area contributed by atoms with E-state index >= 15 is 0 Å². The summed E-state index contributed by atoms with van der Waals surface area (Å²) in [7, 11) is 0. The summed E-state index contributed by atoms with van der Waals surface area (Å²) in [6, 6.07) is 9.57. The van der Waals surface area contributed by atoms with Gasteiger partial charge in [-0.05, 0) is 43.6 Å². The van der Waals surface area contributed by atoms with Crippen molar-refractivity contribution in [1.82, 2.24) is 0 Å². The largest absolute Gasteiger partial charge is 0.381 e. The third-order valence-corrected chi connectivity index (χ3v) is 6.63. The van der Waals surface area contributed by atoms with Gasteiger partial charge in [-0.1, -0.05) is 25.0 Å². The minimum Gasteiger partial charge on any atom is -0.381 e. The van der Waals surface area contributed by atoms with Crippen LogP contribution in [0.15, 0.2) is 29.2 Å². The fourth-order valence-corrected chi connectivity index (χ4v) is 5.36. The van der Waals surface area contributed by atoms with Crippen molar-refractivity contribution in [3.05, 3.63) is 24.3 Å². The summed E-state index contributed by atoms with van der Waals surface area (Å²) < 4.78 is 0. The van der Waals surface area contributed by atoms with Gasteiger partial charge in [-0.2, -0.15) is 11.8 Å². The Morgan fingerprint density at radius 2 is 1.89 bits per heavy atom. The number of hydrogen-bond acceptors (Lipinski definition) is 3. The average molecular weight is 294 g/mol. The van der Waals surface area contributed by atoms with E-state index in [0.29, 0.717) is 6.04 Å². The molecule has 1 aliphatic carbocycles. The lowest BCUT2D eigenvalue weighted by molar-refractivity contribution is 0.683. The van der Waals surface area contributed by atoms with Crippen LogP contribution in [0.25, 0.3) is 0 Å². The molecule has 1 aromatic carbocycles. The van der Waals surface area contributed by atoms with Crippen molar-refractivity contribution >= 4 is 29.2 Å². The molecule has 1 atom stereocenters. The molecular weight excluding hydrogens is 270 g/mol. The van der Waals surface area contributed by atoms with Gasteiger partial charge in [0.1, 0.15) is 0 Å². The predicted octanol–water partition coefficient (Wildman–Crippen LogP) is 5.03. The third kappa shape index (κ3) is 3.85. The molecule has 1 aromatic rings. The quantitative estimate of drug-likeness (QED) is 0.836. The Bertz CT molecular complexity index is 395. The molecule has 3 rings (SSSR count). The Labute approximate surface area is 125 Å². The smallest absolute Gasteiger partial charge is 0.0480 e. The van der Waals surface area contributed by atoms with E-state index in [1.807, 2.05) is 0 Å². The van der Waals surface area contributed by atoms with E-state index in [-0.39, 0.29) is 0 Å². The molecule has 2 fully saturated rings. The maximum atomic E-state index is 3.78. The summed E-state index contributed by atoms with van der Waals surface area (Å²) in [5.41, 5.74) is 1.37. The van der Waals surface area contributed by atoms with E-state index in [4.69, 9.17) is 0 Å². The van der Waals surface area contributed by atoms with Gasteiger partial charge in [0.25, 0.3) is 0 Å². The molecule has 1 N–H and O–H groups in total. The van der Waals surface area contributed by atoms with Gasteiger partial charge in [0.05, 0.1) is 0 Å². The number of thioether (sulfide) groups is 2. The lowest BCUT2D eigenvalue weighted by Crippen LogP contribution is -2.25. The zero-order chi connectivity index (χ0) is 12.9. The van der Waals surface area contributed by atoms with Gasteiger partial charge < -0.3 is 5.32 Å². The molecule has 19 heavy (non-hydrogen) atoms. The molecule has 0 radical (unpaired) electrons. The van der Waals surface area contributed by atoms with Crippen LogP contribution < -0.4 is 5.32 Å². The summed E-state index contributed by atoms with van der Waals surface area (Å²) in [5.74, 6) is 2.61. The normalized spacial score (nSPS) is 24.5. The molecular formula is C16H23NS2. The van der Waals surface area contributed by atoms with Crippen LogP contribution in [0.2, 0.25) is 0 Å². The zero-order valence-corrected chi connectivity index (χ0v) is 13.1. The van der Waals surface area contributed by atoms with E-state index in [9.17, 15) is 0 Å². The maximum absolute atomic E-state index is 3.78. The molecule has 1 nitrogen and oxygen atoms in total. The molecule has 0 spiro atoms. The van der Waals surface area contributed by atoms with Crippen molar-refractivity contribution in [3.63, 3.8) is 0 Å². The summed E-state index contributed by atoms with van der Waals surface area (Å²) in [6.07, 6.45) is 8.34. The van der Waals surface area contributed by atoms with Crippen LogP contribution in [0.4, 0.5) is 5.69 Å². The molecule has 1 heterocycles. The second-order valence-electron chi connectivity index (χ2n) is 5.58. The van der Waals surface area contributed by atoms with Gasteiger partial charge in [0.2, 0.25) is 0 Å². The monoisotopic (exact) mass is 293 g/mol. The van der Waals surface area contributed by atoms with Crippen molar-refractivity contribution in [1.29, 1.82) is 0 Å². The van der Waals surface area contributed by atoms with Crippen molar-refractivity contribution < 1.29 is 0 Å². The Morgan fingerprint density at radius 1 is 1.05 bits per heavy atom. The average Bonchev–Trinajstić information content (AvgIpc) is 2.95. The van der Waals surface area contributed by atoms with E-state index in [2.05, 4.69) is 53.1 Å².